The van der Waals surface area contributed by atoms with Crippen molar-refractivity contribution in [2.45, 2.75) is 0 Å². The molecule has 0 saturated carbocycles. The van der Waals surface area contributed by atoms with Crippen LogP contribution in [0.5, 0.6) is 0 Å². The Bertz CT molecular complexity index is 201. The van der Waals surface area contributed by atoms with Crippen LogP contribution in [0, 0.1) is 3.57 Å². The second-order valence-electron chi connectivity index (χ2n) is 1.01. The summed E-state index contributed by atoms with van der Waals surface area (Å²) in [6, 6.07) is 0. The highest BCUT2D eigenvalue weighted by Gasteiger charge is 1.91. The van der Waals surface area contributed by atoms with Crippen molar-refractivity contribution in [1.29, 1.82) is 0 Å². The third-order valence-electron chi connectivity index (χ3n) is 0.531. The molecular weight excluding hydrogens is 209 g/mol. The molecule has 0 aliphatic heterocycles. The van der Waals surface area contributed by atoms with Crippen LogP contribution in [0.15, 0.2) is 15.6 Å². The van der Waals surface area contributed by atoms with Crippen LogP contribution in [0.3, 0.4) is 0 Å². The molecule has 1 aromatic heterocycles. The number of halogens is 1. The standard InChI is InChI=1S/C3H2INO2/c4-2-1-7-5-3(2)6/h1H,(H,5,6). The van der Waals surface area contributed by atoms with E-state index in [0.29, 0.717) is 3.57 Å². The Morgan fingerprint density at radius 2 is 2.57 bits per heavy atom. The fourth-order valence-corrected chi connectivity index (χ4v) is 0.474. The highest BCUT2D eigenvalue weighted by Crippen LogP contribution is 1.91. The van der Waals surface area contributed by atoms with Gasteiger partial charge in [-0.15, -0.1) is 0 Å². The SMILES string of the molecule is O=c1[nH]occ1I. The zero-order chi connectivity index (χ0) is 5.28. The van der Waals surface area contributed by atoms with Crippen LogP contribution in [-0.4, -0.2) is 5.16 Å². The maximum Gasteiger partial charge on any atom is 0.293 e. The van der Waals surface area contributed by atoms with Gasteiger partial charge in [0.25, 0.3) is 5.56 Å². The smallest absolute Gasteiger partial charge is 0.293 e. The normalized spacial score (nSPS) is 9.29. The molecular formula is C3H2INO2. The van der Waals surface area contributed by atoms with Crippen LogP contribution < -0.4 is 5.56 Å². The monoisotopic (exact) mass is 211 g/mol. The van der Waals surface area contributed by atoms with Gasteiger partial charge in [-0.2, -0.15) is 5.16 Å². The van der Waals surface area contributed by atoms with Crippen LogP contribution in [0.2, 0.25) is 0 Å². The highest BCUT2D eigenvalue weighted by atomic mass is 127. The van der Waals surface area contributed by atoms with Gasteiger partial charge in [0.1, 0.15) is 9.83 Å². The molecule has 1 rings (SSSR count). The lowest BCUT2D eigenvalue weighted by molar-refractivity contribution is 0.413. The maximum absolute atomic E-state index is 10.3. The molecule has 7 heavy (non-hydrogen) atoms. The van der Waals surface area contributed by atoms with Crippen molar-refractivity contribution in [3.8, 4) is 0 Å². The Balaban J connectivity index is 3.39. The average Bonchev–Trinajstić information content (AvgIpc) is 1.91. The van der Waals surface area contributed by atoms with Crippen molar-refractivity contribution in [3.63, 3.8) is 0 Å². The zero-order valence-electron chi connectivity index (χ0n) is 3.27. The van der Waals surface area contributed by atoms with Crippen LogP contribution in [0.25, 0.3) is 0 Å². The van der Waals surface area contributed by atoms with Gasteiger partial charge < -0.3 is 4.52 Å². The number of H-pyrrole nitrogens is 1. The van der Waals surface area contributed by atoms with Gasteiger partial charge in [0.15, 0.2) is 0 Å². The number of hydrogen-bond donors (Lipinski definition) is 1. The van der Waals surface area contributed by atoms with E-state index in [0.717, 1.165) is 0 Å². The van der Waals surface area contributed by atoms with E-state index >= 15 is 0 Å². The van der Waals surface area contributed by atoms with Crippen LogP contribution >= 0.6 is 22.6 Å². The van der Waals surface area contributed by atoms with Crippen LogP contribution in [0.4, 0.5) is 0 Å². The van der Waals surface area contributed by atoms with E-state index in [1.54, 1.807) is 0 Å². The molecule has 0 amide bonds. The predicted octanol–water partition coefficient (Wildman–Crippen LogP) is 0.573. The molecule has 0 fully saturated rings. The minimum atomic E-state index is -0.166. The summed E-state index contributed by atoms with van der Waals surface area (Å²) in [5.41, 5.74) is -0.166. The lowest BCUT2D eigenvalue weighted by Crippen LogP contribution is -1.98. The Hall–Kier alpha value is -0.260. The highest BCUT2D eigenvalue weighted by molar-refractivity contribution is 14.1. The van der Waals surface area contributed by atoms with E-state index in [9.17, 15) is 4.79 Å². The van der Waals surface area contributed by atoms with E-state index in [-0.39, 0.29) is 5.56 Å². The molecule has 0 radical (unpaired) electrons. The van der Waals surface area contributed by atoms with Gasteiger partial charge in [-0.25, -0.2) is 0 Å². The fourth-order valence-electron chi connectivity index (χ4n) is 0.237. The molecule has 38 valence electrons. The molecule has 4 heteroatoms. The van der Waals surface area contributed by atoms with Crippen molar-refractivity contribution in [2.75, 3.05) is 0 Å². The second kappa shape index (κ2) is 1.69. The molecule has 0 saturated heterocycles. The average molecular weight is 211 g/mol. The van der Waals surface area contributed by atoms with Crippen LogP contribution in [-0.2, 0) is 0 Å². The van der Waals surface area contributed by atoms with Gasteiger partial charge >= 0.3 is 0 Å². The number of aromatic nitrogens is 1. The van der Waals surface area contributed by atoms with Gasteiger partial charge in [-0.05, 0) is 22.6 Å². The lowest BCUT2D eigenvalue weighted by Gasteiger charge is -1.58. The topological polar surface area (TPSA) is 46.0 Å². The number of aromatic amines is 1. The molecule has 1 heterocycles. The Labute approximate surface area is 52.8 Å². The largest absolute Gasteiger partial charge is 0.386 e. The molecule has 1 aromatic rings. The van der Waals surface area contributed by atoms with E-state index < -0.39 is 0 Å². The summed E-state index contributed by atoms with van der Waals surface area (Å²) < 4.78 is 4.98. The molecule has 3 nitrogen and oxygen atoms in total. The first kappa shape index (κ1) is 4.89. The van der Waals surface area contributed by atoms with Gasteiger partial charge in [0, 0.05) is 0 Å². The molecule has 0 unspecified atom stereocenters. The Morgan fingerprint density at radius 1 is 1.86 bits per heavy atom. The Morgan fingerprint density at radius 3 is 2.71 bits per heavy atom. The first-order chi connectivity index (χ1) is 3.30. The minimum Gasteiger partial charge on any atom is -0.386 e. The summed E-state index contributed by atoms with van der Waals surface area (Å²) >= 11 is 1.88. The summed E-state index contributed by atoms with van der Waals surface area (Å²) in [4.78, 5) is 10.3. The predicted molar refractivity (Wildman–Crippen MR) is 32.0 cm³/mol. The molecule has 1 N–H and O–H groups in total. The number of nitrogens with one attached hydrogen (secondary N) is 1. The molecule has 0 aliphatic rings. The zero-order valence-corrected chi connectivity index (χ0v) is 5.43. The van der Waals surface area contributed by atoms with E-state index in [2.05, 4.69) is 9.68 Å². The van der Waals surface area contributed by atoms with Crippen molar-refractivity contribution in [3.05, 3.63) is 20.2 Å². The summed E-state index contributed by atoms with van der Waals surface area (Å²) in [5, 5.41) is 2.13. The third kappa shape index (κ3) is 0.846. The van der Waals surface area contributed by atoms with Crippen molar-refractivity contribution in [1.82, 2.24) is 5.16 Å². The van der Waals surface area contributed by atoms with Crippen molar-refractivity contribution < 1.29 is 4.52 Å². The summed E-state index contributed by atoms with van der Waals surface area (Å²) in [6.07, 6.45) is 1.36. The fraction of sp³-hybridized carbons (Fsp3) is 0. The minimum absolute atomic E-state index is 0.166. The molecule has 0 aromatic carbocycles. The van der Waals surface area contributed by atoms with E-state index in [4.69, 9.17) is 0 Å². The number of rotatable bonds is 0. The van der Waals surface area contributed by atoms with E-state index in [1.165, 1.54) is 6.26 Å². The summed E-state index contributed by atoms with van der Waals surface area (Å²) in [5.74, 6) is 0. The van der Waals surface area contributed by atoms with Gasteiger partial charge in [0.05, 0.1) is 0 Å². The quantitative estimate of drug-likeness (QED) is 0.637. The number of hydrogen-bond acceptors (Lipinski definition) is 2. The Kier molecular flexibility index (Phi) is 1.18. The first-order valence-electron chi connectivity index (χ1n) is 1.62. The molecule has 0 bridgehead atoms. The van der Waals surface area contributed by atoms with Gasteiger partial charge in [-0.1, -0.05) is 0 Å². The van der Waals surface area contributed by atoms with E-state index in [1.807, 2.05) is 22.6 Å². The summed E-state index contributed by atoms with van der Waals surface area (Å²) in [7, 11) is 0. The lowest BCUT2D eigenvalue weighted by atomic mass is 10.8. The second-order valence-corrected chi connectivity index (χ2v) is 2.18. The summed E-state index contributed by atoms with van der Waals surface area (Å²) in [6.45, 7) is 0. The molecule has 0 atom stereocenters. The van der Waals surface area contributed by atoms with Crippen molar-refractivity contribution >= 4 is 22.6 Å². The molecule has 0 aliphatic carbocycles. The third-order valence-corrected chi connectivity index (χ3v) is 1.28. The van der Waals surface area contributed by atoms with Crippen molar-refractivity contribution in [2.24, 2.45) is 0 Å². The van der Waals surface area contributed by atoms with Gasteiger partial charge in [-0.3, -0.25) is 4.79 Å². The maximum atomic E-state index is 10.3. The van der Waals surface area contributed by atoms with Crippen LogP contribution in [0.1, 0.15) is 0 Å². The first-order valence-corrected chi connectivity index (χ1v) is 2.70. The van der Waals surface area contributed by atoms with Gasteiger partial charge in [0.2, 0.25) is 0 Å². The molecule has 0 spiro atoms.